The van der Waals surface area contributed by atoms with Gasteiger partial charge in [-0.1, -0.05) is 36.8 Å². The van der Waals surface area contributed by atoms with Gasteiger partial charge in [0.15, 0.2) is 0 Å². The number of carbonyl (C=O) groups excluding carboxylic acids is 1. The smallest absolute Gasteiger partial charge is 0.239 e. The zero-order valence-electron chi connectivity index (χ0n) is 16.3. The molecule has 0 N–H and O–H groups in total. The number of imidazole rings is 1. The Hall–Kier alpha value is -2.14. The first-order valence-corrected chi connectivity index (χ1v) is 10.3. The van der Waals surface area contributed by atoms with Crippen molar-refractivity contribution in [1.29, 1.82) is 0 Å². The summed E-state index contributed by atoms with van der Waals surface area (Å²) in [5.41, 5.74) is 1.30. The second kappa shape index (κ2) is 8.26. The third kappa shape index (κ3) is 4.08. The van der Waals surface area contributed by atoms with Gasteiger partial charge >= 0.3 is 0 Å². The fourth-order valence-corrected chi connectivity index (χ4v) is 4.62. The number of hydrogen-bond donors (Lipinski definition) is 0. The molecule has 0 saturated carbocycles. The molecule has 2 aromatic rings. The summed E-state index contributed by atoms with van der Waals surface area (Å²) in [7, 11) is 2.06. The van der Waals surface area contributed by atoms with Gasteiger partial charge in [0.25, 0.3) is 0 Å². The molecular formula is C22H30N4O. The van der Waals surface area contributed by atoms with E-state index in [4.69, 9.17) is 0 Å². The molecule has 1 unspecified atom stereocenters. The number of rotatable bonds is 4. The molecule has 4 rings (SSSR count). The van der Waals surface area contributed by atoms with Gasteiger partial charge in [-0.15, -0.1) is 0 Å². The van der Waals surface area contributed by atoms with Crippen LogP contribution < -0.4 is 0 Å². The normalized spacial score (nSPS) is 22.1. The molecule has 144 valence electrons. The van der Waals surface area contributed by atoms with Crippen LogP contribution in [0.15, 0.2) is 42.7 Å². The van der Waals surface area contributed by atoms with Crippen LogP contribution in [0.3, 0.4) is 0 Å². The van der Waals surface area contributed by atoms with Crippen LogP contribution in [0.25, 0.3) is 0 Å². The van der Waals surface area contributed by atoms with Crippen molar-refractivity contribution in [2.24, 2.45) is 7.05 Å². The molecule has 5 nitrogen and oxygen atoms in total. The maximum absolute atomic E-state index is 13.3. The Morgan fingerprint density at radius 2 is 1.85 bits per heavy atom. The number of aromatic nitrogens is 2. The van der Waals surface area contributed by atoms with Crippen LogP contribution in [0, 0.1) is 0 Å². The summed E-state index contributed by atoms with van der Waals surface area (Å²) >= 11 is 0. The molecule has 1 aromatic carbocycles. The second-order valence-corrected chi connectivity index (χ2v) is 7.96. The van der Waals surface area contributed by atoms with Crippen LogP contribution in [-0.4, -0.2) is 50.9 Å². The highest BCUT2D eigenvalue weighted by molar-refractivity contribution is 5.82. The lowest BCUT2D eigenvalue weighted by atomic mass is 9.94. The minimum absolute atomic E-state index is 0.0451. The largest absolute Gasteiger partial charge is 0.341 e. The molecule has 0 bridgehead atoms. The lowest BCUT2D eigenvalue weighted by molar-refractivity contribution is -0.139. The molecule has 2 aliphatic rings. The average Bonchev–Trinajstić information content (AvgIpc) is 3.15. The molecule has 5 heteroatoms. The van der Waals surface area contributed by atoms with E-state index in [1.165, 1.54) is 12.0 Å². The van der Waals surface area contributed by atoms with Crippen molar-refractivity contribution in [3.63, 3.8) is 0 Å². The van der Waals surface area contributed by atoms with E-state index < -0.39 is 0 Å². The number of amides is 1. The monoisotopic (exact) mass is 366 g/mol. The third-order valence-corrected chi connectivity index (χ3v) is 6.16. The van der Waals surface area contributed by atoms with Crippen LogP contribution in [0.4, 0.5) is 0 Å². The fourth-order valence-electron chi connectivity index (χ4n) is 4.62. The average molecular weight is 367 g/mol. The van der Waals surface area contributed by atoms with Gasteiger partial charge in [-0.25, -0.2) is 4.98 Å². The predicted molar refractivity (Wildman–Crippen MR) is 106 cm³/mol. The van der Waals surface area contributed by atoms with E-state index in [-0.39, 0.29) is 6.04 Å². The first-order valence-electron chi connectivity index (χ1n) is 10.3. The van der Waals surface area contributed by atoms with E-state index in [0.717, 1.165) is 57.7 Å². The van der Waals surface area contributed by atoms with E-state index in [0.29, 0.717) is 11.8 Å². The van der Waals surface area contributed by atoms with Crippen LogP contribution >= 0.6 is 0 Å². The lowest BCUT2D eigenvalue weighted by Crippen LogP contribution is -2.52. The third-order valence-electron chi connectivity index (χ3n) is 6.16. The van der Waals surface area contributed by atoms with E-state index in [9.17, 15) is 4.79 Å². The summed E-state index contributed by atoms with van der Waals surface area (Å²) in [6, 6.07) is 10.6. The van der Waals surface area contributed by atoms with Crippen LogP contribution in [0.1, 0.15) is 49.4 Å². The second-order valence-electron chi connectivity index (χ2n) is 7.96. The Kier molecular flexibility index (Phi) is 5.58. The summed E-state index contributed by atoms with van der Waals surface area (Å²) in [4.78, 5) is 22.3. The molecule has 1 amide bonds. The van der Waals surface area contributed by atoms with Gasteiger partial charge in [-0.2, -0.15) is 0 Å². The van der Waals surface area contributed by atoms with Crippen LogP contribution in [-0.2, 0) is 18.4 Å². The van der Waals surface area contributed by atoms with Gasteiger partial charge in [0.2, 0.25) is 5.91 Å². The lowest BCUT2D eigenvalue weighted by Gasteiger charge is -2.40. The highest BCUT2D eigenvalue weighted by Gasteiger charge is 2.34. The number of benzene rings is 1. The summed E-state index contributed by atoms with van der Waals surface area (Å²) in [6.07, 6.45) is 9.25. The molecule has 1 atom stereocenters. The Morgan fingerprint density at radius 3 is 2.56 bits per heavy atom. The van der Waals surface area contributed by atoms with Gasteiger partial charge < -0.3 is 9.47 Å². The molecule has 2 fully saturated rings. The Labute approximate surface area is 162 Å². The molecule has 0 radical (unpaired) electrons. The number of aryl methyl sites for hydroxylation is 1. The summed E-state index contributed by atoms with van der Waals surface area (Å²) < 4.78 is 2.12. The molecule has 0 aliphatic carbocycles. The zero-order chi connectivity index (χ0) is 18.6. The van der Waals surface area contributed by atoms with E-state index in [1.807, 2.05) is 18.5 Å². The van der Waals surface area contributed by atoms with Gasteiger partial charge in [-0.3, -0.25) is 9.69 Å². The minimum Gasteiger partial charge on any atom is -0.341 e. The molecule has 2 saturated heterocycles. The van der Waals surface area contributed by atoms with Crippen molar-refractivity contribution in [3.05, 3.63) is 54.1 Å². The quantitative estimate of drug-likeness (QED) is 0.834. The van der Waals surface area contributed by atoms with Gasteiger partial charge in [0.1, 0.15) is 5.82 Å². The van der Waals surface area contributed by atoms with Crippen molar-refractivity contribution < 1.29 is 4.79 Å². The summed E-state index contributed by atoms with van der Waals surface area (Å²) in [6.45, 7) is 3.61. The topological polar surface area (TPSA) is 41.4 Å². The number of likely N-dealkylation sites (tertiary alicyclic amines) is 2. The Bertz CT molecular complexity index is 749. The van der Waals surface area contributed by atoms with E-state index in [2.05, 4.69) is 50.7 Å². The van der Waals surface area contributed by atoms with Crippen molar-refractivity contribution in [1.82, 2.24) is 19.4 Å². The predicted octanol–water partition coefficient (Wildman–Crippen LogP) is 3.18. The van der Waals surface area contributed by atoms with E-state index >= 15 is 0 Å². The molecule has 3 heterocycles. The Balaban J connectivity index is 1.38. The standard InChI is InChI=1S/C22H30N4O/c1-24-16-12-23-21(24)19-10-14-25(15-11-19)22(27)20-9-5-6-13-26(20)17-18-7-3-2-4-8-18/h2-4,7-8,12,16,19-20H,5-6,9-11,13-15,17H2,1H3. The molecule has 0 spiro atoms. The van der Waals surface area contributed by atoms with Crippen molar-refractivity contribution >= 4 is 5.91 Å². The molecule has 2 aliphatic heterocycles. The minimum atomic E-state index is 0.0451. The number of piperidine rings is 2. The highest BCUT2D eigenvalue weighted by atomic mass is 16.2. The summed E-state index contributed by atoms with van der Waals surface area (Å²) in [5.74, 6) is 1.97. The van der Waals surface area contributed by atoms with E-state index in [1.54, 1.807) is 0 Å². The zero-order valence-corrected chi connectivity index (χ0v) is 16.3. The van der Waals surface area contributed by atoms with Gasteiger partial charge in [0.05, 0.1) is 6.04 Å². The maximum Gasteiger partial charge on any atom is 0.239 e. The molecule has 1 aromatic heterocycles. The van der Waals surface area contributed by atoms with Gasteiger partial charge in [-0.05, 0) is 37.8 Å². The fraction of sp³-hybridized carbons (Fsp3) is 0.545. The van der Waals surface area contributed by atoms with Crippen LogP contribution in [0.5, 0.6) is 0 Å². The molecule has 27 heavy (non-hydrogen) atoms. The van der Waals surface area contributed by atoms with Gasteiger partial charge in [0, 0.05) is 45.0 Å². The Morgan fingerprint density at radius 1 is 1.07 bits per heavy atom. The van der Waals surface area contributed by atoms with Crippen molar-refractivity contribution in [2.75, 3.05) is 19.6 Å². The number of hydrogen-bond acceptors (Lipinski definition) is 3. The highest BCUT2D eigenvalue weighted by Crippen LogP contribution is 2.28. The summed E-state index contributed by atoms with van der Waals surface area (Å²) in [5, 5.41) is 0. The maximum atomic E-state index is 13.3. The number of nitrogens with zero attached hydrogens (tertiary/aromatic N) is 4. The molecular weight excluding hydrogens is 336 g/mol. The first kappa shape index (κ1) is 18.2. The number of carbonyl (C=O) groups is 1. The van der Waals surface area contributed by atoms with Crippen molar-refractivity contribution in [2.45, 2.75) is 50.6 Å². The SMILES string of the molecule is Cn1ccnc1C1CCN(C(=O)C2CCCCN2Cc2ccccc2)CC1. The van der Waals surface area contributed by atoms with Crippen molar-refractivity contribution in [3.8, 4) is 0 Å². The first-order chi connectivity index (χ1) is 13.2. The van der Waals surface area contributed by atoms with Crippen LogP contribution in [0.2, 0.25) is 0 Å².